The Morgan fingerprint density at radius 3 is 2.62 bits per heavy atom. The summed E-state index contributed by atoms with van der Waals surface area (Å²) in [6.45, 7) is 3.07. The van der Waals surface area contributed by atoms with E-state index >= 15 is 0 Å². The molecule has 4 nitrogen and oxygen atoms in total. The zero-order valence-corrected chi connectivity index (χ0v) is 12.4. The van der Waals surface area contributed by atoms with Crippen molar-refractivity contribution in [1.82, 2.24) is 9.66 Å². The second-order valence-corrected chi connectivity index (χ2v) is 4.89. The van der Waals surface area contributed by atoms with Crippen molar-refractivity contribution < 1.29 is 4.74 Å². The molecule has 108 valence electrons. The molecule has 0 N–H and O–H groups in total. The lowest BCUT2D eigenvalue weighted by Gasteiger charge is -2.27. The Balaban J connectivity index is 2.19. The Morgan fingerprint density at radius 2 is 1.90 bits per heavy atom. The molecule has 0 saturated carbocycles. The predicted octanol–water partition coefficient (Wildman–Crippen LogP) is 3.72. The summed E-state index contributed by atoms with van der Waals surface area (Å²) in [4.78, 5) is 4.11. The normalized spacial score (nSPS) is 10.8. The summed E-state index contributed by atoms with van der Waals surface area (Å²) >= 11 is 0. The number of rotatable bonds is 5. The minimum absolute atomic E-state index is 0.835. The predicted molar refractivity (Wildman–Crippen MR) is 85.8 cm³/mol. The molecule has 0 atom stereocenters. The van der Waals surface area contributed by atoms with E-state index in [-0.39, 0.29) is 0 Å². The van der Waals surface area contributed by atoms with Gasteiger partial charge in [0.1, 0.15) is 0 Å². The lowest BCUT2D eigenvalue weighted by atomic mass is 10.2. The zero-order chi connectivity index (χ0) is 14.7. The van der Waals surface area contributed by atoms with Gasteiger partial charge in [-0.3, -0.25) is 9.99 Å². The second kappa shape index (κ2) is 5.87. The molecule has 3 aromatic rings. The van der Waals surface area contributed by atoms with Gasteiger partial charge in [0.2, 0.25) is 5.88 Å². The van der Waals surface area contributed by atoms with E-state index in [2.05, 4.69) is 45.9 Å². The van der Waals surface area contributed by atoms with Crippen LogP contribution in [0.15, 0.2) is 54.9 Å². The Kier molecular flexibility index (Phi) is 3.77. The molecule has 0 bridgehead atoms. The van der Waals surface area contributed by atoms with E-state index < -0.39 is 0 Å². The molecule has 0 aliphatic heterocycles. The third-order valence-corrected chi connectivity index (χ3v) is 3.50. The molecule has 0 amide bonds. The van der Waals surface area contributed by atoms with Gasteiger partial charge >= 0.3 is 0 Å². The van der Waals surface area contributed by atoms with Crippen LogP contribution in [0.5, 0.6) is 5.88 Å². The van der Waals surface area contributed by atoms with Gasteiger partial charge in [-0.1, -0.05) is 25.1 Å². The van der Waals surface area contributed by atoms with Crippen LogP contribution < -0.4 is 9.75 Å². The number of pyridine rings is 1. The van der Waals surface area contributed by atoms with Crippen molar-refractivity contribution >= 4 is 16.6 Å². The fraction of sp³-hybridized carbons (Fsp3) is 0.235. The Morgan fingerprint density at radius 1 is 1.14 bits per heavy atom. The number of benzene rings is 1. The van der Waals surface area contributed by atoms with Crippen LogP contribution in [0, 0.1) is 0 Å². The molecule has 1 aromatic carbocycles. The number of para-hydroxylation sites is 1. The average Bonchev–Trinajstić information content (AvgIpc) is 2.92. The van der Waals surface area contributed by atoms with Gasteiger partial charge in [0, 0.05) is 30.4 Å². The summed E-state index contributed by atoms with van der Waals surface area (Å²) in [5, 5.41) is 3.40. The number of methoxy groups -OCH3 is 1. The highest BCUT2D eigenvalue weighted by molar-refractivity contribution is 5.83. The van der Waals surface area contributed by atoms with Crippen molar-refractivity contribution in [2.45, 2.75) is 13.3 Å². The highest BCUT2D eigenvalue weighted by Gasteiger charge is 2.16. The third-order valence-electron chi connectivity index (χ3n) is 3.50. The minimum atomic E-state index is 0.835. The number of aromatic nitrogens is 2. The molecule has 0 aliphatic carbocycles. The molecule has 2 aromatic heterocycles. The van der Waals surface area contributed by atoms with Crippen LogP contribution in [-0.2, 0) is 0 Å². The van der Waals surface area contributed by atoms with Crippen molar-refractivity contribution in [3.63, 3.8) is 0 Å². The van der Waals surface area contributed by atoms with Crippen molar-refractivity contribution in [3.8, 4) is 5.88 Å². The van der Waals surface area contributed by atoms with Crippen LogP contribution in [0.25, 0.3) is 10.9 Å². The second-order valence-electron chi connectivity index (χ2n) is 4.89. The summed E-state index contributed by atoms with van der Waals surface area (Å²) < 4.78 is 7.72. The Bertz CT molecular complexity index is 721. The van der Waals surface area contributed by atoms with Gasteiger partial charge in [0.25, 0.3) is 0 Å². The maximum Gasteiger partial charge on any atom is 0.213 e. The first-order valence-corrected chi connectivity index (χ1v) is 7.17. The topological polar surface area (TPSA) is 30.3 Å². The van der Waals surface area contributed by atoms with Crippen molar-refractivity contribution in [2.75, 3.05) is 18.7 Å². The number of anilines is 1. The lowest BCUT2D eigenvalue weighted by Crippen LogP contribution is -2.30. The first-order valence-electron chi connectivity index (χ1n) is 7.17. The fourth-order valence-corrected chi connectivity index (χ4v) is 2.58. The Labute approximate surface area is 124 Å². The quantitative estimate of drug-likeness (QED) is 0.714. The summed E-state index contributed by atoms with van der Waals surface area (Å²) in [6, 6.07) is 14.4. The monoisotopic (exact) mass is 281 g/mol. The largest absolute Gasteiger partial charge is 0.481 e. The molecule has 2 heterocycles. The van der Waals surface area contributed by atoms with E-state index in [1.807, 2.05) is 30.6 Å². The SMILES string of the molecule is CCCN(c1ccncc1)n1c(OC)cc2ccccc21. The molecular weight excluding hydrogens is 262 g/mol. The van der Waals surface area contributed by atoms with Gasteiger partial charge in [-0.05, 0) is 24.6 Å². The van der Waals surface area contributed by atoms with E-state index in [4.69, 9.17) is 4.74 Å². The molecule has 4 heteroatoms. The van der Waals surface area contributed by atoms with E-state index in [0.717, 1.165) is 30.0 Å². The Hall–Kier alpha value is -2.49. The molecule has 0 radical (unpaired) electrons. The molecular formula is C17H19N3O. The van der Waals surface area contributed by atoms with Gasteiger partial charge in [-0.25, -0.2) is 4.68 Å². The number of ether oxygens (including phenoxy) is 1. The van der Waals surface area contributed by atoms with E-state index in [1.165, 1.54) is 5.39 Å². The summed E-state index contributed by atoms with van der Waals surface area (Å²) in [6.07, 6.45) is 4.67. The maximum atomic E-state index is 5.58. The highest BCUT2D eigenvalue weighted by atomic mass is 16.5. The molecule has 0 spiro atoms. The van der Waals surface area contributed by atoms with Crippen LogP contribution >= 0.6 is 0 Å². The van der Waals surface area contributed by atoms with Crippen LogP contribution in [-0.4, -0.2) is 23.3 Å². The highest BCUT2D eigenvalue weighted by Crippen LogP contribution is 2.29. The molecule has 3 rings (SSSR count). The van der Waals surface area contributed by atoms with Crippen molar-refractivity contribution in [1.29, 1.82) is 0 Å². The first kappa shape index (κ1) is 13.5. The van der Waals surface area contributed by atoms with Gasteiger partial charge < -0.3 is 4.74 Å². The smallest absolute Gasteiger partial charge is 0.213 e. The summed E-state index contributed by atoms with van der Waals surface area (Å²) in [5.74, 6) is 0.835. The van der Waals surface area contributed by atoms with E-state index in [0.29, 0.717) is 0 Å². The van der Waals surface area contributed by atoms with E-state index in [1.54, 1.807) is 7.11 Å². The number of hydrogen-bond acceptors (Lipinski definition) is 3. The standard InChI is InChI=1S/C17H19N3O/c1-3-12-19(15-8-10-18-11-9-15)20-16-7-5-4-6-14(16)13-17(20)21-2/h4-11,13H,3,12H2,1-2H3. The van der Waals surface area contributed by atoms with Gasteiger partial charge in [-0.15, -0.1) is 0 Å². The van der Waals surface area contributed by atoms with Crippen molar-refractivity contribution in [2.24, 2.45) is 0 Å². The minimum Gasteiger partial charge on any atom is -0.481 e. The fourth-order valence-electron chi connectivity index (χ4n) is 2.58. The molecule has 0 aliphatic rings. The lowest BCUT2D eigenvalue weighted by molar-refractivity contribution is 0.376. The van der Waals surface area contributed by atoms with E-state index in [9.17, 15) is 0 Å². The van der Waals surface area contributed by atoms with Crippen LogP contribution in [0.3, 0.4) is 0 Å². The van der Waals surface area contributed by atoms with Gasteiger partial charge in [0.05, 0.1) is 18.3 Å². The van der Waals surface area contributed by atoms with Crippen LogP contribution in [0.1, 0.15) is 13.3 Å². The van der Waals surface area contributed by atoms with Crippen LogP contribution in [0.2, 0.25) is 0 Å². The number of nitrogens with zero attached hydrogens (tertiary/aromatic N) is 3. The summed E-state index contributed by atoms with van der Waals surface area (Å²) in [7, 11) is 1.71. The average molecular weight is 281 g/mol. The van der Waals surface area contributed by atoms with Gasteiger partial charge in [-0.2, -0.15) is 0 Å². The zero-order valence-electron chi connectivity index (χ0n) is 12.4. The van der Waals surface area contributed by atoms with Crippen molar-refractivity contribution in [3.05, 3.63) is 54.9 Å². The van der Waals surface area contributed by atoms with Crippen LogP contribution in [0.4, 0.5) is 5.69 Å². The number of fused-ring (bicyclic) bond motifs is 1. The van der Waals surface area contributed by atoms with Gasteiger partial charge in [0.15, 0.2) is 0 Å². The number of hydrogen-bond donors (Lipinski definition) is 0. The summed E-state index contributed by atoms with van der Waals surface area (Å²) in [5.41, 5.74) is 2.24. The molecule has 0 unspecified atom stereocenters. The third kappa shape index (κ3) is 2.44. The molecule has 0 saturated heterocycles. The molecule has 0 fully saturated rings. The first-order chi connectivity index (χ1) is 10.3. The molecule has 21 heavy (non-hydrogen) atoms. The maximum absolute atomic E-state index is 5.58.